The summed E-state index contributed by atoms with van der Waals surface area (Å²) in [6.07, 6.45) is 8.53. The molecular formula is C22H31NO3. The number of esters is 1. The van der Waals surface area contributed by atoms with Crippen molar-refractivity contribution < 1.29 is 14.3 Å². The first kappa shape index (κ1) is 20.3. The Bertz CT molecular complexity index is 595. The molecule has 4 heteroatoms. The van der Waals surface area contributed by atoms with E-state index in [4.69, 9.17) is 9.47 Å². The van der Waals surface area contributed by atoms with Crippen LogP contribution in [0.5, 0.6) is 5.75 Å². The van der Waals surface area contributed by atoms with Gasteiger partial charge in [0.2, 0.25) is 0 Å². The fourth-order valence-corrected chi connectivity index (χ4v) is 3.52. The van der Waals surface area contributed by atoms with E-state index in [-0.39, 0.29) is 17.5 Å². The molecule has 0 heterocycles. The maximum atomic E-state index is 12.4. The standard InChI is InChI=1S/C22H31NO3/c1-3-5-6-13-22(17-23)14-11-20(12-15-22)26-21(24)18-7-9-19(10-8-18)25-16-4-2/h7-10,20H,3-6,11-16H2,1-2H3. The van der Waals surface area contributed by atoms with E-state index in [2.05, 4.69) is 19.9 Å². The van der Waals surface area contributed by atoms with Crippen LogP contribution in [-0.2, 0) is 4.74 Å². The Labute approximate surface area is 157 Å². The summed E-state index contributed by atoms with van der Waals surface area (Å²) in [6.45, 7) is 4.91. The molecule has 1 saturated carbocycles. The number of nitrogens with zero attached hydrogens (tertiary/aromatic N) is 1. The molecule has 0 spiro atoms. The second-order valence-electron chi connectivity index (χ2n) is 7.33. The molecule has 26 heavy (non-hydrogen) atoms. The van der Waals surface area contributed by atoms with Crippen molar-refractivity contribution in [3.63, 3.8) is 0 Å². The number of unbranched alkanes of at least 4 members (excludes halogenated alkanes) is 2. The highest BCUT2D eigenvalue weighted by Crippen LogP contribution is 2.41. The molecule has 2 rings (SSSR count). The molecule has 1 aliphatic carbocycles. The van der Waals surface area contributed by atoms with E-state index in [9.17, 15) is 10.1 Å². The number of nitriles is 1. The summed E-state index contributed by atoms with van der Waals surface area (Å²) in [5.74, 6) is 0.486. The van der Waals surface area contributed by atoms with Gasteiger partial charge in [-0.3, -0.25) is 0 Å². The first-order valence-corrected chi connectivity index (χ1v) is 9.97. The third kappa shape index (κ3) is 5.76. The van der Waals surface area contributed by atoms with Crippen molar-refractivity contribution in [2.24, 2.45) is 5.41 Å². The fraction of sp³-hybridized carbons (Fsp3) is 0.636. The van der Waals surface area contributed by atoms with Crippen molar-refractivity contribution >= 4 is 5.97 Å². The third-order valence-corrected chi connectivity index (χ3v) is 5.22. The van der Waals surface area contributed by atoms with Crippen LogP contribution in [0.1, 0.15) is 82.0 Å². The number of carbonyl (C=O) groups excluding carboxylic acids is 1. The Morgan fingerprint density at radius 3 is 2.42 bits per heavy atom. The predicted octanol–water partition coefficient (Wildman–Crippen LogP) is 5.67. The summed E-state index contributed by atoms with van der Waals surface area (Å²) in [7, 11) is 0. The highest BCUT2D eigenvalue weighted by atomic mass is 16.5. The van der Waals surface area contributed by atoms with Crippen LogP contribution in [0.15, 0.2) is 24.3 Å². The Morgan fingerprint density at radius 1 is 1.15 bits per heavy atom. The molecule has 1 aromatic carbocycles. The van der Waals surface area contributed by atoms with Crippen molar-refractivity contribution in [2.75, 3.05) is 6.61 Å². The molecule has 0 N–H and O–H groups in total. The Hall–Kier alpha value is -2.02. The van der Waals surface area contributed by atoms with E-state index < -0.39 is 0 Å². The van der Waals surface area contributed by atoms with Crippen LogP contribution in [0.4, 0.5) is 0 Å². The lowest BCUT2D eigenvalue weighted by Gasteiger charge is -2.34. The summed E-state index contributed by atoms with van der Waals surface area (Å²) in [6, 6.07) is 9.67. The van der Waals surface area contributed by atoms with Crippen molar-refractivity contribution in [3.05, 3.63) is 29.8 Å². The lowest BCUT2D eigenvalue weighted by molar-refractivity contribution is 0.0105. The van der Waals surface area contributed by atoms with E-state index in [1.54, 1.807) is 12.1 Å². The molecule has 0 radical (unpaired) electrons. The first-order chi connectivity index (χ1) is 12.6. The van der Waals surface area contributed by atoms with Gasteiger partial charge in [0.05, 0.1) is 23.7 Å². The topological polar surface area (TPSA) is 59.3 Å². The van der Waals surface area contributed by atoms with Crippen molar-refractivity contribution in [3.8, 4) is 11.8 Å². The van der Waals surface area contributed by atoms with Crippen molar-refractivity contribution in [1.82, 2.24) is 0 Å². The van der Waals surface area contributed by atoms with Gasteiger partial charge in [0.1, 0.15) is 11.9 Å². The SMILES string of the molecule is CCCCCC1(C#N)CCC(OC(=O)c2ccc(OCCC)cc2)CC1. The van der Waals surface area contributed by atoms with Gasteiger partial charge < -0.3 is 9.47 Å². The molecule has 0 bridgehead atoms. The predicted molar refractivity (Wildman–Crippen MR) is 102 cm³/mol. The lowest BCUT2D eigenvalue weighted by Crippen LogP contribution is -2.31. The zero-order chi connectivity index (χ0) is 18.8. The third-order valence-electron chi connectivity index (χ3n) is 5.22. The monoisotopic (exact) mass is 357 g/mol. The number of rotatable bonds is 9. The maximum absolute atomic E-state index is 12.4. The number of benzene rings is 1. The number of hydrogen-bond acceptors (Lipinski definition) is 4. The molecule has 1 aromatic rings. The van der Waals surface area contributed by atoms with E-state index >= 15 is 0 Å². The summed E-state index contributed by atoms with van der Waals surface area (Å²) < 4.78 is 11.2. The second-order valence-corrected chi connectivity index (χ2v) is 7.33. The number of hydrogen-bond donors (Lipinski definition) is 0. The van der Waals surface area contributed by atoms with E-state index in [1.165, 1.54) is 12.8 Å². The fourth-order valence-electron chi connectivity index (χ4n) is 3.52. The molecule has 0 aliphatic heterocycles. The van der Waals surface area contributed by atoms with Crippen LogP contribution in [0.2, 0.25) is 0 Å². The van der Waals surface area contributed by atoms with Crippen LogP contribution < -0.4 is 4.74 Å². The molecule has 1 fully saturated rings. The molecule has 1 aliphatic rings. The quantitative estimate of drug-likeness (QED) is 0.422. The van der Waals surface area contributed by atoms with Gasteiger partial charge in [-0.2, -0.15) is 5.26 Å². The lowest BCUT2D eigenvalue weighted by atomic mass is 9.71. The highest BCUT2D eigenvalue weighted by Gasteiger charge is 2.36. The largest absolute Gasteiger partial charge is 0.494 e. The van der Waals surface area contributed by atoms with Gasteiger partial charge in [0.15, 0.2) is 0 Å². The van der Waals surface area contributed by atoms with Crippen LogP contribution in [-0.4, -0.2) is 18.7 Å². The number of ether oxygens (including phenoxy) is 2. The van der Waals surface area contributed by atoms with Gasteiger partial charge in [-0.25, -0.2) is 4.79 Å². The molecule has 0 atom stereocenters. The molecule has 0 unspecified atom stereocenters. The van der Waals surface area contributed by atoms with Crippen LogP contribution in [0.25, 0.3) is 0 Å². The molecule has 0 amide bonds. The summed E-state index contributed by atoms with van der Waals surface area (Å²) in [5, 5.41) is 9.60. The van der Waals surface area contributed by atoms with Crippen LogP contribution in [0.3, 0.4) is 0 Å². The Kier molecular flexibility index (Phi) is 7.97. The molecular weight excluding hydrogens is 326 g/mol. The Morgan fingerprint density at radius 2 is 1.85 bits per heavy atom. The second kappa shape index (κ2) is 10.2. The summed E-state index contributed by atoms with van der Waals surface area (Å²) >= 11 is 0. The summed E-state index contributed by atoms with van der Waals surface area (Å²) in [5.41, 5.74) is 0.338. The average molecular weight is 357 g/mol. The maximum Gasteiger partial charge on any atom is 0.338 e. The zero-order valence-corrected chi connectivity index (χ0v) is 16.1. The van der Waals surface area contributed by atoms with Crippen molar-refractivity contribution in [2.45, 2.75) is 77.7 Å². The van der Waals surface area contributed by atoms with Crippen LogP contribution >= 0.6 is 0 Å². The minimum absolute atomic E-state index is 0.0776. The van der Waals surface area contributed by atoms with E-state index in [0.29, 0.717) is 12.2 Å². The first-order valence-electron chi connectivity index (χ1n) is 9.97. The minimum Gasteiger partial charge on any atom is -0.494 e. The van der Waals surface area contributed by atoms with Gasteiger partial charge in [-0.05, 0) is 62.8 Å². The van der Waals surface area contributed by atoms with E-state index in [0.717, 1.165) is 50.7 Å². The zero-order valence-electron chi connectivity index (χ0n) is 16.1. The smallest absolute Gasteiger partial charge is 0.338 e. The van der Waals surface area contributed by atoms with Gasteiger partial charge in [-0.15, -0.1) is 0 Å². The van der Waals surface area contributed by atoms with Gasteiger partial charge in [0.25, 0.3) is 0 Å². The molecule has 142 valence electrons. The van der Waals surface area contributed by atoms with Crippen molar-refractivity contribution in [1.29, 1.82) is 5.26 Å². The summed E-state index contributed by atoms with van der Waals surface area (Å²) in [4.78, 5) is 12.4. The normalized spacial score (nSPS) is 22.4. The van der Waals surface area contributed by atoms with E-state index in [1.807, 2.05) is 12.1 Å². The highest BCUT2D eigenvalue weighted by molar-refractivity contribution is 5.89. The molecule has 4 nitrogen and oxygen atoms in total. The molecule has 0 saturated heterocycles. The number of carbonyl (C=O) groups is 1. The minimum atomic E-state index is -0.285. The van der Waals surface area contributed by atoms with Gasteiger partial charge >= 0.3 is 5.97 Å². The van der Waals surface area contributed by atoms with Gasteiger partial charge in [-0.1, -0.05) is 33.1 Å². The van der Waals surface area contributed by atoms with Gasteiger partial charge in [0, 0.05) is 0 Å². The van der Waals surface area contributed by atoms with Crippen LogP contribution in [0, 0.1) is 16.7 Å². The Balaban J connectivity index is 1.82. The molecule has 0 aromatic heterocycles. The average Bonchev–Trinajstić information content (AvgIpc) is 2.68.